The van der Waals surface area contributed by atoms with Crippen LogP contribution in [0.4, 0.5) is 0 Å². The van der Waals surface area contributed by atoms with Crippen molar-refractivity contribution in [1.29, 1.82) is 0 Å². The Morgan fingerprint density at radius 2 is 1.84 bits per heavy atom. The van der Waals surface area contributed by atoms with E-state index >= 15 is 0 Å². The van der Waals surface area contributed by atoms with Crippen LogP contribution in [0.25, 0.3) is 11.0 Å². The molecule has 0 aliphatic heterocycles. The minimum absolute atomic E-state index is 0.300. The van der Waals surface area contributed by atoms with E-state index in [1.165, 1.54) is 0 Å². The minimum Gasteiger partial charge on any atom is -0.459 e. The first kappa shape index (κ1) is 12.6. The molecule has 0 spiro atoms. The first-order valence-corrected chi connectivity index (χ1v) is 6.33. The summed E-state index contributed by atoms with van der Waals surface area (Å²) < 4.78 is 11.1. The molecular weight excluding hydrogens is 287 g/mol. The van der Waals surface area contributed by atoms with Crippen molar-refractivity contribution in [2.45, 2.75) is 6.04 Å². The van der Waals surface area contributed by atoms with Crippen molar-refractivity contribution in [2.24, 2.45) is 5.84 Å². The zero-order valence-electron chi connectivity index (χ0n) is 9.69. The zero-order valence-corrected chi connectivity index (χ0v) is 11.2. The van der Waals surface area contributed by atoms with E-state index < -0.39 is 6.04 Å². The molecule has 19 heavy (non-hydrogen) atoms. The lowest BCUT2D eigenvalue weighted by Crippen LogP contribution is -2.28. The number of nitrogens with two attached hydrogens (primary N) is 1. The second kappa shape index (κ2) is 4.90. The van der Waals surface area contributed by atoms with Gasteiger partial charge in [-0.2, -0.15) is 0 Å². The van der Waals surface area contributed by atoms with Crippen LogP contribution in [0.5, 0.6) is 0 Å². The Labute approximate surface area is 119 Å². The predicted octanol–water partition coefficient (Wildman–Crippen LogP) is 3.89. The maximum Gasteiger partial charge on any atom is 0.193 e. The Balaban J connectivity index is 2.06. The van der Waals surface area contributed by atoms with Crippen LogP contribution in [0.3, 0.4) is 0 Å². The molecule has 0 radical (unpaired) electrons. The number of rotatable bonds is 3. The molecule has 4 nitrogen and oxygen atoms in total. The van der Waals surface area contributed by atoms with Gasteiger partial charge in [0.15, 0.2) is 5.22 Å². The molecule has 1 aromatic carbocycles. The number of furan rings is 2. The highest BCUT2D eigenvalue weighted by Gasteiger charge is 2.20. The molecule has 0 saturated heterocycles. The SMILES string of the molecule is NNC(c1ccc(Cl)o1)c1cc2cc(Cl)ccc2o1. The molecule has 1 atom stereocenters. The molecule has 3 N–H and O–H groups in total. The van der Waals surface area contributed by atoms with E-state index in [0.29, 0.717) is 21.8 Å². The molecular formula is C13H10Cl2N2O2. The lowest BCUT2D eigenvalue weighted by Gasteiger charge is -2.09. The van der Waals surface area contributed by atoms with Gasteiger partial charge in [0.05, 0.1) is 0 Å². The fraction of sp³-hybridized carbons (Fsp3) is 0.0769. The van der Waals surface area contributed by atoms with E-state index in [2.05, 4.69) is 5.43 Å². The highest BCUT2D eigenvalue weighted by molar-refractivity contribution is 6.31. The third kappa shape index (κ3) is 2.35. The summed E-state index contributed by atoms with van der Waals surface area (Å²) in [6, 6.07) is 10.3. The summed E-state index contributed by atoms with van der Waals surface area (Å²) in [5, 5.41) is 1.85. The van der Waals surface area contributed by atoms with Gasteiger partial charge >= 0.3 is 0 Å². The van der Waals surface area contributed by atoms with Gasteiger partial charge < -0.3 is 8.83 Å². The van der Waals surface area contributed by atoms with Gasteiger partial charge in [-0.05, 0) is 48.0 Å². The molecule has 0 amide bonds. The van der Waals surface area contributed by atoms with Crippen LogP contribution in [0.15, 0.2) is 45.2 Å². The molecule has 1 unspecified atom stereocenters. The first-order valence-electron chi connectivity index (χ1n) is 5.58. The van der Waals surface area contributed by atoms with Crippen LogP contribution in [-0.4, -0.2) is 0 Å². The molecule has 3 aromatic rings. The van der Waals surface area contributed by atoms with Gasteiger partial charge in [0.2, 0.25) is 0 Å². The second-order valence-electron chi connectivity index (χ2n) is 4.07. The molecule has 0 fully saturated rings. The summed E-state index contributed by atoms with van der Waals surface area (Å²) in [6.07, 6.45) is 0. The van der Waals surface area contributed by atoms with Crippen molar-refractivity contribution in [3.63, 3.8) is 0 Å². The van der Waals surface area contributed by atoms with E-state index in [9.17, 15) is 0 Å². The van der Waals surface area contributed by atoms with Crippen molar-refractivity contribution < 1.29 is 8.83 Å². The van der Waals surface area contributed by atoms with E-state index in [0.717, 1.165) is 11.0 Å². The van der Waals surface area contributed by atoms with Crippen molar-refractivity contribution in [2.75, 3.05) is 0 Å². The molecule has 0 aliphatic carbocycles. The maximum atomic E-state index is 5.94. The molecule has 98 valence electrons. The summed E-state index contributed by atoms with van der Waals surface area (Å²) in [4.78, 5) is 0. The summed E-state index contributed by atoms with van der Waals surface area (Å²) in [7, 11) is 0. The second-order valence-corrected chi connectivity index (χ2v) is 4.88. The lowest BCUT2D eigenvalue weighted by molar-refractivity contribution is 0.404. The summed E-state index contributed by atoms with van der Waals surface area (Å²) >= 11 is 11.7. The molecule has 2 heterocycles. The number of benzene rings is 1. The Kier molecular flexibility index (Phi) is 3.24. The Bertz CT molecular complexity index is 720. The Hall–Kier alpha value is -1.46. The summed E-state index contributed by atoms with van der Waals surface area (Å²) in [5.41, 5.74) is 3.38. The summed E-state index contributed by atoms with van der Waals surface area (Å²) in [6.45, 7) is 0. The van der Waals surface area contributed by atoms with Crippen LogP contribution in [0.1, 0.15) is 17.6 Å². The minimum atomic E-state index is -0.404. The monoisotopic (exact) mass is 296 g/mol. The van der Waals surface area contributed by atoms with Gasteiger partial charge in [-0.1, -0.05) is 11.6 Å². The van der Waals surface area contributed by atoms with Gasteiger partial charge in [-0.25, -0.2) is 5.43 Å². The molecule has 2 aromatic heterocycles. The van der Waals surface area contributed by atoms with Crippen LogP contribution in [0.2, 0.25) is 10.2 Å². The fourth-order valence-electron chi connectivity index (χ4n) is 1.96. The molecule has 0 bridgehead atoms. The number of hydrogen-bond acceptors (Lipinski definition) is 4. The van der Waals surface area contributed by atoms with E-state index in [4.69, 9.17) is 37.9 Å². The molecule has 3 rings (SSSR count). The molecule has 0 aliphatic rings. The first-order chi connectivity index (χ1) is 9.17. The largest absolute Gasteiger partial charge is 0.459 e. The van der Waals surface area contributed by atoms with Crippen molar-refractivity contribution in [3.05, 3.63) is 58.2 Å². The topological polar surface area (TPSA) is 64.3 Å². The number of nitrogens with one attached hydrogen (secondary N) is 1. The quantitative estimate of drug-likeness (QED) is 0.568. The van der Waals surface area contributed by atoms with E-state index in [-0.39, 0.29) is 0 Å². The standard InChI is InChI=1S/C13H10Cl2N2O2/c14-8-1-2-9-7(5-8)6-11(18-9)13(17-16)10-3-4-12(15)19-10/h1-6,13,17H,16H2. The summed E-state index contributed by atoms with van der Waals surface area (Å²) in [5.74, 6) is 6.77. The zero-order chi connectivity index (χ0) is 13.4. The van der Waals surface area contributed by atoms with E-state index in [1.807, 2.05) is 18.2 Å². The van der Waals surface area contributed by atoms with Gasteiger partial charge in [-0.15, -0.1) is 0 Å². The fourth-order valence-corrected chi connectivity index (χ4v) is 2.30. The molecule has 6 heteroatoms. The van der Waals surface area contributed by atoms with Crippen LogP contribution in [0, 0.1) is 0 Å². The average molecular weight is 297 g/mol. The van der Waals surface area contributed by atoms with Gasteiger partial charge in [0.25, 0.3) is 0 Å². The third-order valence-electron chi connectivity index (χ3n) is 2.83. The highest BCUT2D eigenvalue weighted by Crippen LogP contribution is 2.30. The smallest absolute Gasteiger partial charge is 0.193 e. The number of fused-ring (bicyclic) bond motifs is 1. The predicted molar refractivity (Wildman–Crippen MR) is 74.1 cm³/mol. The highest BCUT2D eigenvalue weighted by atomic mass is 35.5. The van der Waals surface area contributed by atoms with Crippen molar-refractivity contribution >= 4 is 34.2 Å². The molecule has 0 saturated carbocycles. The number of hydrogen-bond donors (Lipinski definition) is 2. The number of hydrazine groups is 1. The van der Waals surface area contributed by atoms with Crippen LogP contribution < -0.4 is 11.3 Å². The van der Waals surface area contributed by atoms with Gasteiger partial charge in [-0.3, -0.25) is 5.84 Å². The average Bonchev–Trinajstić information content (AvgIpc) is 2.96. The third-order valence-corrected chi connectivity index (χ3v) is 3.27. The number of halogens is 2. The van der Waals surface area contributed by atoms with Gasteiger partial charge in [0.1, 0.15) is 23.1 Å². The van der Waals surface area contributed by atoms with Crippen molar-refractivity contribution in [1.82, 2.24) is 5.43 Å². The van der Waals surface area contributed by atoms with Gasteiger partial charge in [0, 0.05) is 10.4 Å². The maximum absolute atomic E-state index is 5.94. The Morgan fingerprint density at radius 1 is 1.00 bits per heavy atom. The van der Waals surface area contributed by atoms with Crippen molar-refractivity contribution in [3.8, 4) is 0 Å². The van der Waals surface area contributed by atoms with E-state index in [1.54, 1.807) is 18.2 Å². The van der Waals surface area contributed by atoms with Crippen LogP contribution >= 0.6 is 23.2 Å². The lowest BCUT2D eigenvalue weighted by atomic mass is 10.1. The normalized spacial score (nSPS) is 13.0. The Morgan fingerprint density at radius 3 is 2.53 bits per heavy atom. The van der Waals surface area contributed by atoms with Crippen LogP contribution in [-0.2, 0) is 0 Å².